The van der Waals surface area contributed by atoms with Gasteiger partial charge in [-0.3, -0.25) is 4.90 Å². The van der Waals surface area contributed by atoms with E-state index in [0.717, 1.165) is 18.7 Å². The molecule has 0 radical (unpaired) electrons. The fraction of sp³-hybridized carbons (Fsp3) is 0.600. The van der Waals surface area contributed by atoms with E-state index in [1.165, 1.54) is 0 Å². The van der Waals surface area contributed by atoms with E-state index in [9.17, 15) is 8.42 Å². The predicted molar refractivity (Wildman–Crippen MR) is 85.7 cm³/mol. The Kier molecular flexibility index (Phi) is 4.33. The second-order valence-electron chi connectivity index (χ2n) is 6.59. The van der Waals surface area contributed by atoms with Crippen molar-refractivity contribution in [2.24, 2.45) is 0 Å². The van der Waals surface area contributed by atoms with Crippen LogP contribution in [-0.4, -0.2) is 49.3 Å². The molecule has 2 N–H and O–H groups in total. The minimum Gasteiger partial charge on any atom is -0.399 e. The zero-order valence-electron chi connectivity index (χ0n) is 13.3. The van der Waals surface area contributed by atoms with Gasteiger partial charge in [-0.1, -0.05) is 6.07 Å². The molecule has 1 aliphatic rings. The van der Waals surface area contributed by atoms with Crippen molar-refractivity contribution in [2.75, 3.05) is 31.9 Å². The number of hydrogen-bond acceptors (Lipinski definition) is 4. The van der Waals surface area contributed by atoms with Gasteiger partial charge in [-0.2, -0.15) is 4.31 Å². The fourth-order valence-electron chi connectivity index (χ4n) is 2.63. The lowest BCUT2D eigenvalue weighted by Gasteiger charge is -2.41. The predicted octanol–water partition coefficient (Wildman–Crippen LogP) is 1.68. The number of nitrogens with zero attached hydrogens (tertiary/aromatic N) is 2. The van der Waals surface area contributed by atoms with Crippen LogP contribution in [0, 0.1) is 6.92 Å². The number of rotatable bonds is 2. The zero-order chi connectivity index (χ0) is 15.8. The maximum atomic E-state index is 12.8. The molecule has 1 saturated heterocycles. The number of sulfonamides is 1. The maximum absolute atomic E-state index is 12.8. The highest BCUT2D eigenvalue weighted by Gasteiger charge is 2.32. The highest BCUT2D eigenvalue weighted by Crippen LogP contribution is 2.24. The molecule has 118 valence electrons. The summed E-state index contributed by atoms with van der Waals surface area (Å²) in [5, 5.41) is 0. The Morgan fingerprint density at radius 3 is 2.19 bits per heavy atom. The van der Waals surface area contributed by atoms with Gasteiger partial charge in [-0.25, -0.2) is 8.42 Å². The van der Waals surface area contributed by atoms with Crippen molar-refractivity contribution in [3.63, 3.8) is 0 Å². The van der Waals surface area contributed by atoms with Gasteiger partial charge >= 0.3 is 0 Å². The van der Waals surface area contributed by atoms with Crippen molar-refractivity contribution >= 4 is 15.7 Å². The number of benzene rings is 1. The van der Waals surface area contributed by atoms with E-state index in [-0.39, 0.29) is 5.54 Å². The largest absolute Gasteiger partial charge is 0.399 e. The van der Waals surface area contributed by atoms with Crippen LogP contribution < -0.4 is 5.73 Å². The molecule has 0 amide bonds. The molecule has 0 aromatic heterocycles. The van der Waals surface area contributed by atoms with Crippen LogP contribution in [0.15, 0.2) is 23.1 Å². The molecule has 2 rings (SSSR count). The summed E-state index contributed by atoms with van der Waals surface area (Å²) in [5.74, 6) is 0. The minimum absolute atomic E-state index is 0.0724. The molecule has 0 aliphatic carbocycles. The van der Waals surface area contributed by atoms with Crippen molar-refractivity contribution in [1.82, 2.24) is 9.21 Å². The van der Waals surface area contributed by atoms with Crippen LogP contribution in [0.25, 0.3) is 0 Å². The van der Waals surface area contributed by atoms with Gasteiger partial charge in [0.1, 0.15) is 0 Å². The number of anilines is 1. The first-order chi connectivity index (χ1) is 9.62. The summed E-state index contributed by atoms with van der Waals surface area (Å²) in [6, 6.07) is 5.04. The normalized spacial score (nSPS) is 18.9. The van der Waals surface area contributed by atoms with E-state index in [2.05, 4.69) is 25.7 Å². The summed E-state index contributed by atoms with van der Waals surface area (Å²) in [5.41, 5.74) is 7.03. The van der Waals surface area contributed by atoms with Crippen LogP contribution in [-0.2, 0) is 10.0 Å². The van der Waals surface area contributed by atoms with Crippen molar-refractivity contribution < 1.29 is 8.42 Å². The quantitative estimate of drug-likeness (QED) is 0.844. The lowest BCUT2D eigenvalue weighted by atomic mass is 10.1. The highest BCUT2D eigenvalue weighted by molar-refractivity contribution is 7.89. The molecule has 0 atom stereocenters. The summed E-state index contributed by atoms with van der Waals surface area (Å²) in [6.45, 7) is 10.8. The number of piperazine rings is 1. The van der Waals surface area contributed by atoms with E-state index in [0.29, 0.717) is 23.7 Å². The zero-order valence-corrected chi connectivity index (χ0v) is 14.1. The maximum Gasteiger partial charge on any atom is 0.243 e. The third-order valence-electron chi connectivity index (χ3n) is 4.02. The van der Waals surface area contributed by atoms with Crippen LogP contribution in [0.5, 0.6) is 0 Å². The third-order valence-corrected chi connectivity index (χ3v) is 6.06. The van der Waals surface area contributed by atoms with E-state index < -0.39 is 10.0 Å². The SMILES string of the molecule is Cc1ccc(N)cc1S(=O)(=O)N1CCN(C(C)(C)C)CC1. The molecule has 0 spiro atoms. The molecule has 1 aromatic rings. The van der Waals surface area contributed by atoms with Gasteiger partial charge in [0.15, 0.2) is 0 Å². The second kappa shape index (κ2) is 5.59. The van der Waals surface area contributed by atoms with Gasteiger partial charge in [0.25, 0.3) is 0 Å². The molecular formula is C15H25N3O2S. The van der Waals surface area contributed by atoms with E-state index in [4.69, 9.17) is 5.73 Å². The van der Waals surface area contributed by atoms with E-state index >= 15 is 0 Å². The molecular weight excluding hydrogens is 286 g/mol. The van der Waals surface area contributed by atoms with E-state index in [1.54, 1.807) is 29.4 Å². The summed E-state index contributed by atoms with van der Waals surface area (Å²) in [6.07, 6.45) is 0. The van der Waals surface area contributed by atoms with Gasteiger partial charge < -0.3 is 5.73 Å². The first kappa shape index (κ1) is 16.3. The number of nitrogens with two attached hydrogens (primary N) is 1. The van der Waals surface area contributed by atoms with Crippen molar-refractivity contribution in [2.45, 2.75) is 38.1 Å². The Morgan fingerprint density at radius 1 is 1.10 bits per heavy atom. The Balaban J connectivity index is 2.21. The lowest BCUT2D eigenvalue weighted by molar-refractivity contribution is 0.0922. The summed E-state index contributed by atoms with van der Waals surface area (Å²) in [7, 11) is -3.46. The number of hydrogen-bond donors (Lipinski definition) is 1. The van der Waals surface area contributed by atoms with Crippen LogP contribution in [0.4, 0.5) is 5.69 Å². The molecule has 1 aliphatic heterocycles. The molecule has 0 unspecified atom stereocenters. The molecule has 0 saturated carbocycles. The van der Waals surface area contributed by atoms with Gasteiger partial charge in [-0.15, -0.1) is 0 Å². The minimum atomic E-state index is -3.46. The van der Waals surface area contributed by atoms with Gasteiger partial charge in [0.05, 0.1) is 4.90 Å². The molecule has 6 heteroatoms. The molecule has 1 fully saturated rings. The Bertz CT molecular complexity index is 612. The average molecular weight is 311 g/mol. The van der Waals surface area contributed by atoms with Crippen molar-refractivity contribution in [3.8, 4) is 0 Å². The molecule has 1 heterocycles. The van der Waals surface area contributed by atoms with Crippen molar-refractivity contribution in [1.29, 1.82) is 0 Å². The van der Waals surface area contributed by atoms with Crippen LogP contribution in [0.3, 0.4) is 0 Å². The molecule has 1 aromatic carbocycles. The highest BCUT2D eigenvalue weighted by atomic mass is 32.2. The number of aryl methyl sites for hydroxylation is 1. The first-order valence-corrected chi connectivity index (χ1v) is 8.68. The average Bonchev–Trinajstić information content (AvgIpc) is 2.40. The summed E-state index contributed by atoms with van der Waals surface area (Å²) < 4.78 is 27.1. The Morgan fingerprint density at radius 2 is 1.67 bits per heavy atom. The molecule has 21 heavy (non-hydrogen) atoms. The van der Waals surface area contributed by atoms with Gasteiger partial charge in [-0.05, 0) is 45.4 Å². The topological polar surface area (TPSA) is 66.6 Å². The number of nitrogen functional groups attached to an aromatic ring is 1. The summed E-state index contributed by atoms with van der Waals surface area (Å²) in [4.78, 5) is 2.64. The van der Waals surface area contributed by atoms with Crippen LogP contribution >= 0.6 is 0 Å². The monoisotopic (exact) mass is 311 g/mol. The Hall–Kier alpha value is -1.11. The fourth-order valence-corrected chi connectivity index (χ4v) is 4.32. The molecule has 5 nitrogen and oxygen atoms in total. The molecule has 0 bridgehead atoms. The Labute approximate surface area is 127 Å². The smallest absolute Gasteiger partial charge is 0.243 e. The van der Waals surface area contributed by atoms with Gasteiger partial charge in [0.2, 0.25) is 10.0 Å². The van der Waals surface area contributed by atoms with E-state index in [1.807, 2.05) is 0 Å². The lowest BCUT2D eigenvalue weighted by Crippen LogP contribution is -2.54. The van der Waals surface area contributed by atoms with Crippen LogP contribution in [0.1, 0.15) is 26.3 Å². The second-order valence-corrected chi connectivity index (χ2v) is 8.49. The first-order valence-electron chi connectivity index (χ1n) is 7.24. The van der Waals surface area contributed by atoms with Crippen molar-refractivity contribution in [3.05, 3.63) is 23.8 Å². The third kappa shape index (κ3) is 3.39. The van der Waals surface area contributed by atoms with Crippen LogP contribution in [0.2, 0.25) is 0 Å². The van der Waals surface area contributed by atoms with Gasteiger partial charge in [0, 0.05) is 37.4 Å². The standard InChI is InChI=1S/C15H25N3O2S/c1-12-5-6-13(16)11-14(12)21(19,20)18-9-7-17(8-10-18)15(2,3)4/h5-6,11H,7-10,16H2,1-4H3. The summed E-state index contributed by atoms with van der Waals surface area (Å²) >= 11 is 0.